The van der Waals surface area contributed by atoms with Crippen molar-refractivity contribution in [3.05, 3.63) is 0 Å². The van der Waals surface area contributed by atoms with E-state index in [9.17, 15) is 14.4 Å². The molecule has 0 amide bonds. The van der Waals surface area contributed by atoms with E-state index in [1.807, 2.05) is 13.8 Å². The van der Waals surface area contributed by atoms with Crippen LogP contribution in [0, 0.1) is 22.2 Å². The fourth-order valence-electron chi connectivity index (χ4n) is 6.53. The molecule has 2 rings (SSSR count). The van der Waals surface area contributed by atoms with E-state index in [1.54, 1.807) is 0 Å². The summed E-state index contributed by atoms with van der Waals surface area (Å²) in [5, 5.41) is 0. The second kappa shape index (κ2) is 11.9. The van der Waals surface area contributed by atoms with Gasteiger partial charge < -0.3 is 14.2 Å². The van der Waals surface area contributed by atoms with Crippen molar-refractivity contribution in [1.82, 2.24) is 0 Å². The van der Waals surface area contributed by atoms with Crippen molar-refractivity contribution in [2.24, 2.45) is 22.2 Å². The third-order valence-corrected chi connectivity index (χ3v) is 7.30. The molecule has 31 heavy (non-hydrogen) atoms. The van der Waals surface area contributed by atoms with Gasteiger partial charge in [-0.15, -0.1) is 0 Å². The highest BCUT2D eigenvalue weighted by atomic mass is 16.5. The summed E-state index contributed by atoms with van der Waals surface area (Å²) in [7, 11) is 4.31. The Morgan fingerprint density at radius 2 is 1.03 bits per heavy atom. The number of esters is 3. The maximum Gasteiger partial charge on any atom is 0.305 e. The van der Waals surface area contributed by atoms with Gasteiger partial charge in [-0.05, 0) is 73.5 Å². The van der Waals surface area contributed by atoms with Crippen molar-refractivity contribution >= 4 is 17.9 Å². The largest absolute Gasteiger partial charge is 0.469 e. The lowest BCUT2D eigenvalue weighted by atomic mass is 9.47. The van der Waals surface area contributed by atoms with Gasteiger partial charge in [0.2, 0.25) is 0 Å². The van der Waals surface area contributed by atoms with Gasteiger partial charge in [-0.25, -0.2) is 0 Å². The van der Waals surface area contributed by atoms with Gasteiger partial charge in [-0.1, -0.05) is 27.7 Å². The second-order valence-electron chi connectivity index (χ2n) is 10.2. The Labute approximate surface area is 188 Å². The molecule has 6 nitrogen and oxygen atoms in total. The van der Waals surface area contributed by atoms with Gasteiger partial charge in [-0.3, -0.25) is 14.4 Å². The van der Waals surface area contributed by atoms with E-state index in [0.29, 0.717) is 25.2 Å². The normalized spacial score (nSPS) is 31.6. The highest BCUT2D eigenvalue weighted by Crippen LogP contribution is 2.63. The topological polar surface area (TPSA) is 78.9 Å². The predicted molar refractivity (Wildman–Crippen MR) is 120 cm³/mol. The molecule has 0 radical (unpaired) electrons. The minimum absolute atomic E-state index is 0.0467. The minimum Gasteiger partial charge on any atom is -0.469 e. The number of rotatable bonds is 9. The van der Waals surface area contributed by atoms with Crippen molar-refractivity contribution in [3.8, 4) is 0 Å². The molecule has 2 saturated carbocycles. The van der Waals surface area contributed by atoms with Crippen molar-refractivity contribution in [3.63, 3.8) is 0 Å². The fourth-order valence-corrected chi connectivity index (χ4v) is 6.53. The summed E-state index contributed by atoms with van der Waals surface area (Å²) in [5.41, 5.74) is 0.179. The molecule has 2 aliphatic rings. The van der Waals surface area contributed by atoms with Crippen molar-refractivity contribution in [2.45, 2.75) is 98.3 Å². The molecule has 2 fully saturated rings. The van der Waals surface area contributed by atoms with Crippen LogP contribution in [0.5, 0.6) is 0 Å². The first-order valence-electron chi connectivity index (χ1n) is 11.8. The number of carbonyl (C=O) groups is 3. The lowest BCUT2D eigenvalue weighted by Crippen LogP contribution is -2.48. The van der Waals surface area contributed by atoms with Crippen molar-refractivity contribution in [2.75, 3.05) is 21.3 Å². The molecule has 0 N–H and O–H groups in total. The van der Waals surface area contributed by atoms with Crippen molar-refractivity contribution in [1.29, 1.82) is 0 Å². The number of hydrogen-bond donors (Lipinski definition) is 0. The SMILES string of the molecule is CC.COC(=O)CCC1(C)CC2CC(C)(CCC(=O)OC)CC(CCC(=O)OC)(C2)C1. The molecule has 0 spiro atoms. The number of methoxy groups -OCH3 is 3. The van der Waals surface area contributed by atoms with E-state index in [0.717, 1.165) is 51.4 Å². The van der Waals surface area contributed by atoms with E-state index in [1.165, 1.54) is 21.3 Å². The van der Waals surface area contributed by atoms with Crippen LogP contribution in [0.3, 0.4) is 0 Å². The van der Waals surface area contributed by atoms with Gasteiger partial charge in [0, 0.05) is 19.3 Å². The van der Waals surface area contributed by atoms with E-state index in [2.05, 4.69) is 13.8 Å². The van der Waals surface area contributed by atoms with Crippen LogP contribution in [0.2, 0.25) is 0 Å². The molecule has 180 valence electrons. The van der Waals surface area contributed by atoms with Gasteiger partial charge in [0.25, 0.3) is 0 Å². The van der Waals surface area contributed by atoms with Gasteiger partial charge in [0.05, 0.1) is 21.3 Å². The Morgan fingerprint density at radius 3 is 1.39 bits per heavy atom. The van der Waals surface area contributed by atoms with Crippen LogP contribution in [0.15, 0.2) is 0 Å². The maximum atomic E-state index is 11.9. The summed E-state index contributed by atoms with van der Waals surface area (Å²) in [6, 6.07) is 0. The van der Waals surface area contributed by atoms with Crippen LogP contribution in [-0.2, 0) is 28.6 Å². The van der Waals surface area contributed by atoms with Gasteiger partial charge in [-0.2, -0.15) is 0 Å². The molecule has 2 aliphatic carbocycles. The Morgan fingerprint density at radius 1 is 0.677 bits per heavy atom. The van der Waals surface area contributed by atoms with E-state index >= 15 is 0 Å². The highest BCUT2D eigenvalue weighted by Gasteiger charge is 2.53. The summed E-state index contributed by atoms with van der Waals surface area (Å²) in [6.07, 6.45) is 9.00. The molecule has 0 saturated heterocycles. The molecule has 0 heterocycles. The Bertz CT molecular complexity index is 574. The predicted octanol–water partition coefficient (Wildman–Crippen LogP) is 5.47. The smallest absolute Gasteiger partial charge is 0.305 e. The van der Waals surface area contributed by atoms with Gasteiger partial charge in [0.1, 0.15) is 0 Å². The summed E-state index contributed by atoms with van der Waals surface area (Å²) in [5.74, 6) is 0.0574. The number of carbonyl (C=O) groups excluding carboxylic acids is 3. The quantitative estimate of drug-likeness (QED) is 0.350. The molecular weight excluding hydrogens is 396 g/mol. The molecule has 0 aromatic heterocycles. The summed E-state index contributed by atoms with van der Waals surface area (Å²) >= 11 is 0. The molecular formula is C25H44O6. The third-order valence-electron chi connectivity index (χ3n) is 7.30. The van der Waals surface area contributed by atoms with E-state index in [-0.39, 0.29) is 34.2 Å². The number of fused-ring (bicyclic) bond motifs is 2. The van der Waals surface area contributed by atoms with E-state index in [4.69, 9.17) is 14.2 Å². The monoisotopic (exact) mass is 440 g/mol. The van der Waals surface area contributed by atoms with Crippen LogP contribution < -0.4 is 0 Å². The molecule has 0 aliphatic heterocycles. The zero-order valence-electron chi connectivity index (χ0n) is 20.8. The highest BCUT2D eigenvalue weighted by molar-refractivity contribution is 5.70. The van der Waals surface area contributed by atoms with Crippen LogP contribution >= 0.6 is 0 Å². The summed E-state index contributed by atoms with van der Waals surface area (Å²) < 4.78 is 14.6. The summed E-state index contributed by atoms with van der Waals surface area (Å²) in [6.45, 7) is 8.57. The standard InChI is InChI=1S/C23H38O6.C2H6/c1-21(9-6-18(24)27-3)12-17-13-22(2,10-7-19(25)28-4)16-23(14-17,15-21)11-8-20(26)29-5;1-2/h17H,6-16H2,1-5H3;1-2H3. The van der Waals surface area contributed by atoms with Crippen LogP contribution in [0.25, 0.3) is 0 Å². The fraction of sp³-hybridized carbons (Fsp3) is 0.880. The lowest BCUT2D eigenvalue weighted by Gasteiger charge is -2.58. The second-order valence-corrected chi connectivity index (χ2v) is 10.2. The Balaban J connectivity index is 0.00000233. The number of hydrogen-bond acceptors (Lipinski definition) is 6. The molecule has 0 aromatic carbocycles. The first-order chi connectivity index (χ1) is 14.6. The van der Waals surface area contributed by atoms with Crippen molar-refractivity contribution < 1.29 is 28.6 Å². The van der Waals surface area contributed by atoms with Gasteiger partial charge >= 0.3 is 17.9 Å². The Kier molecular flexibility index (Phi) is 10.5. The molecule has 6 heteroatoms. The third kappa shape index (κ3) is 8.12. The summed E-state index contributed by atoms with van der Waals surface area (Å²) in [4.78, 5) is 35.4. The van der Waals surface area contributed by atoms with Crippen LogP contribution in [0.4, 0.5) is 0 Å². The Hall–Kier alpha value is -1.59. The van der Waals surface area contributed by atoms with E-state index < -0.39 is 0 Å². The maximum absolute atomic E-state index is 11.9. The first-order valence-corrected chi connectivity index (χ1v) is 11.8. The molecule has 2 bridgehead atoms. The lowest BCUT2D eigenvalue weighted by molar-refractivity contribution is -0.144. The zero-order valence-corrected chi connectivity index (χ0v) is 20.8. The molecule has 2 unspecified atom stereocenters. The molecule has 0 aromatic rings. The van der Waals surface area contributed by atoms with Crippen LogP contribution in [0.1, 0.15) is 98.3 Å². The average Bonchev–Trinajstić information content (AvgIpc) is 2.74. The first kappa shape index (κ1) is 27.4. The number of ether oxygens (including phenoxy) is 3. The van der Waals surface area contributed by atoms with Crippen LogP contribution in [-0.4, -0.2) is 39.2 Å². The van der Waals surface area contributed by atoms with Gasteiger partial charge in [0.15, 0.2) is 0 Å². The minimum atomic E-state index is -0.167. The molecule has 2 atom stereocenters. The zero-order chi connectivity index (χ0) is 23.7. The average molecular weight is 441 g/mol.